The van der Waals surface area contributed by atoms with Crippen LogP contribution in [-0.4, -0.2) is 79.0 Å². The summed E-state index contributed by atoms with van der Waals surface area (Å²) in [5.74, 6) is -0.310. The van der Waals surface area contributed by atoms with E-state index in [1.165, 1.54) is 24.9 Å². The van der Waals surface area contributed by atoms with E-state index in [1.54, 1.807) is 6.92 Å². The Hall–Kier alpha value is -2.78. The van der Waals surface area contributed by atoms with Gasteiger partial charge in [0.15, 0.2) is 17.4 Å². The van der Waals surface area contributed by atoms with Gasteiger partial charge in [0.25, 0.3) is 0 Å². The standard InChI is InChI=1S/C23H29N6O8PS/c1-12(13-7-5-4-6-8-13)36-20(31)14-10-39-38(33,28-14)35-9-15-17(30)23(2,32)21(37-15)29-11-25-16-18(29)26-22(24)27-19(16)34-3/h4-8,11-12,14-15,17,21,30,32H,9-10H2,1-3H3,(H,28,33)(H2,24,26,27)/t12-,14+,15-,17-,21-,23-,38-/m1/s1. The topological polar surface area (TPSA) is 193 Å². The van der Waals surface area contributed by atoms with Crippen LogP contribution >= 0.6 is 18.1 Å². The summed E-state index contributed by atoms with van der Waals surface area (Å²) in [6.07, 6.45) is -2.75. The minimum atomic E-state index is -3.53. The van der Waals surface area contributed by atoms with Crippen molar-refractivity contribution in [3.8, 4) is 5.88 Å². The number of aliphatic hydroxyl groups excluding tert-OH is 1. The number of hydrogen-bond donors (Lipinski definition) is 4. The summed E-state index contributed by atoms with van der Waals surface area (Å²) in [6, 6.07) is 8.43. The van der Waals surface area contributed by atoms with Crippen molar-refractivity contribution >= 4 is 41.2 Å². The molecule has 0 amide bonds. The minimum Gasteiger partial charge on any atom is -0.479 e. The molecule has 2 fully saturated rings. The second kappa shape index (κ2) is 10.7. The predicted octanol–water partition coefficient (Wildman–Crippen LogP) is 1.56. The summed E-state index contributed by atoms with van der Waals surface area (Å²) in [5, 5.41) is 24.7. The Morgan fingerprint density at radius 2 is 2.13 bits per heavy atom. The molecule has 2 aromatic heterocycles. The molecule has 0 bridgehead atoms. The largest absolute Gasteiger partial charge is 0.479 e. The number of hydrogen-bond acceptors (Lipinski definition) is 13. The number of carbonyl (C=O) groups is 1. The lowest BCUT2D eigenvalue weighted by molar-refractivity contribution is -0.150. The van der Waals surface area contributed by atoms with Gasteiger partial charge in [-0.3, -0.25) is 13.9 Å². The molecule has 0 unspecified atom stereocenters. The van der Waals surface area contributed by atoms with E-state index >= 15 is 0 Å². The molecule has 5 rings (SSSR count). The molecule has 14 nitrogen and oxygen atoms in total. The number of methoxy groups -OCH3 is 1. The molecule has 2 aliphatic rings. The Labute approximate surface area is 227 Å². The number of nitrogen functional groups attached to an aromatic ring is 1. The van der Waals surface area contributed by atoms with Gasteiger partial charge < -0.3 is 34.7 Å². The first kappa shape index (κ1) is 27.8. The van der Waals surface area contributed by atoms with Crippen LogP contribution in [0, 0.1) is 0 Å². The Kier molecular flexibility index (Phi) is 7.59. The molecular formula is C23H29N6O8PS. The highest BCUT2D eigenvalue weighted by Crippen LogP contribution is 2.61. The van der Waals surface area contributed by atoms with Gasteiger partial charge in [0.05, 0.1) is 20.0 Å². The third-order valence-electron chi connectivity index (χ3n) is 6.59. The third kappa shape index (κ3) is 5.35. The first-order valence-electron chi connectivity index (χ1n) is 12.0. The van der Waals surface area contributed by atoms with Crippen LogP contribution < -0.4 is 15.6 Å². The highest BCUT2D eigenvalue weighted by atomic mass is 32.7. The number of aliphatic hydroxyl groups is 2. The second-order valence-corrected chi connectivity index (χ2v) is 13.7. The van der Waals surface area contributed by atoms with E-state index in [-0.39, 0.29) is 35.4 Å². The summed E-state index contributed by atoms with van der Waals surface area (Å²) < 4.78 is 37.0. The van der Waals surface area contributed by atoms with Gasteiger partial charge in [-0.15, -0.1) is 0 Å². The van der Waals surface area contributed by atoms with Crippen LogP contribution in [0.3, 0.4) is 0 Å². The normalized spacial score (nSPS) is 31.4. The molecule has 0 saturated carbocycles. The van der Waals surface area contributed by atoms with Crippen LogP contribution in [0.5, 0.6) is 5.88 Å². The van der Waals surface area contributed by atoms with Gasteiger partial charge in [0, 0.05) is 5.75 Å². The summed E-state index contributed by atoms with van der Waals surface area (Å²) in [5.41, 5.74) is 5.33. The smallest absolute Gasteiger partial charge is 0.327 e. The zero-order chi connectivity index (χ0) is 27.9. The van der Waals surface area contributed by atoms with Crippen LogP contribution in [-0.2, 0) is 23.4 Å². The summed E-state index contributed by atoms with van der Waals surface area (Å²) in [7, 11) is 1.41. The average molecular weight is 581 g/mol. The molecule has 7 atom stereocenters. The van der Waals surface area contributed by atoms with E-state index in [9.17, 15) is 19.6 Å². The van der Waals surface area contributed by atoms with E-state index in [1.807, 2.05) is 30.3 Å². The van der Waals surface area contributed by atoms with Crippen molar-refractivity contribution in [1.29, 1.82) is 0 Å². The minimum absolute atomic E-state index is 0.0761. The number of nitrogens with zero attached hydrogens (tertiary/aromatic N) is 4. The third-order valence-corrected chi connectivity index (χ3v) is 10.6. The van der Waals surface area contributed by atoms with Gasteiger partial charge in [-0.05, 0) is 19.4 Å². The fourth-order valence-corrected chi connectivity index (χ4v) is 8.33. The summed E-state index contributed by atoms with van der Waals surface area (Å²) in [6.45, 7) is -0.719. The van der Waals surface area contributed by atoms with Crippen LogP contribution in [0.2, 0.25) is 0 Å². The Balaban J connectivity index is 1.23. The number of esters is 1. The van der Waals surface area contributed by atoms with E-state index in [2.05, 4.69) is 20.0 Å². The van der Waals surface area contributed by atoms with Crippen molar-refractivity contribution in [3.05, 3.63) is 42.2 Å². The van der Waals surface area contributed by atoms with E-state index in [0.717, 1.165) is 16.9 Å². The number of benzene rings is 1. The van der Waals surface area contributed by atoms with Gasteiger partial charge in [-0.1, -0.05) is 41.7 Å². The number of carbonyl (C=O) groups excluding carboxylic acids is 1. The number of ether oxygens (including phenoxy) is 3. The molecule has 16 heteroatoms. The van der Waals surface area contributed by atoms with Crippen molar-refractivity contribution < 1.29 is 38.3 Å². The molecule has 1 aromatic carbocycles. The number of nitrogens with two attached hydrogens (primary N) is 1. The molecule has 2 aliphatic heterocycles. The average Bonchev–Trinajstić information content (AvgIpc) is 3.57. The number of rotatable bonds is 8. The maximum Gasteiger partial charge on any atom is 0.327 e. The Morgan fingerprint density at radius 1 is 1.38 bits per heavy atom. The van der Waals surface area contributed by atoms with Crippen molar-refractivity contribution in [3.63, 3.8) is 0 Å². The molecule has 2 saturated heterocycles. The van der Waals surface area contributed by atoms with Crippen LogP contribution in [0.25, 0.3) is 11.2 Å². The first-order valence-corrected chi connectivity index (χ1v) is 15.3. The first-order chi connectivity index (χ1) is 18.5. The Morgan fingerprint density at radius 3 is 2.85 bits per heavy atom. The lowest BCUT2D eigenvalue weighted by atomic mass is 9.96. The van der Waals surface area contributed by atoms with Gasteiger partial charge >= 0.3 is 12.7 Å². The van der Waals surface area contributed by atoms with E-state index in [0.29, 0.717) is 0 Å². The fraction of sp³-hybridized carbons (Fsp3) is 0.478. The fourth-order valence-electron chi connectivity index (χ4n) is 4.45. The lowest BCUT2D eigenvalue weighted by Crippen LogP contribution is -2.44. The molecular weight excluding hydrogens is 551 g/mol. The molecule has 5 N–H and O–H groups in total. The molecule has 0 aliphatic carbocycles. The van der Waals surface area contributed by atoms with Crippen LogP contribution in [0.1, 0.15) is 31.7 Å². The number of fused-ring (bicyclic) bond motifs is 1. The van der Waals surface area contributed by atoms with Gasteiger partial charge in [0.2, 0.25) is 11.8 Å². The zero-order valence-corrected chi connectivity index (χ0v) is 23.0. The van der Waals surface area contributed by atoms with Crippen LogP contribution in [0.4, 0.5) is 5.95 Å². The Bertz CT molecular complexity index is 1410. The molecule has 0 spiro atoms. The highest BCUT2D eigenvalue weighted by Gasteiger charge is 2.54. The summed E-state index contributed by atoms with van der Waals surface area (Å²) in [4.78, 5) is 25.0. The van der Waals surface area contributed by atoms with Gasteiger partial charge in [0.1, 0.15) is 30.0 Å². The number of nitrogens with one attached hydrogen (secondary N) is 1. The van der Waals surface area contributed by atoms with Crippen molar-refractivity contribution in [2.24, 2.45) is 0 Å². The second-order valence-electron chi connectivity index (χ2n) is 9.37. The molecule has 0 radical (unpaired) electrons. The number of aromatic nitrogens is 4. The lowest BCUT2D eigenvalue weighted by Gasteiger charge is -2.27. The van der Waals surface area contributed by atoms with Crippen molar-refractivity contribution in [2.45, 2.75) is 50.0 Å². The maximum absolute atomic E-state index is 13.3. The monoisotopic (exact) mass is 580 g/mol. The highest BCUT2D eigenvalue weighted by molar-refractivity contribution is 8.56. The van der Waals surface area contributed by atoms with E-state index < -0.39 is 48.9 Å². The van der Waals surface area contributed by atoms with Gasteiger partial charge in [-0.25, -0.2) is 10.1 Å². The van der Waals surface area contributed by atoms with Gasteiger partial charge in [-0.2, -0.15) is 9.97 Å². The number of imidazole rings is 1. The SMILES string of the molecule is COc1nc(N)nc2c1ncn2[C@@H]1O[C@H](CO[P@]2(=O)N[C@H](C(=O)O[C@H](C)c3ccccc3)CS2)[C@@H](O)[C@@]1(C)O. The zero-order valence-electron chi connectivity index (χ0n) is 21.3. The molecule has 210 valence electrons. The quantitative estimate of drug-likeness (QED) is 0.221. The maximum atomic E-state index is 13.3. The van der Waals surface area contributed by atoms with Crippen molar-refractivity contribution in [1.82, 2.24) is 24.6 Å². The summed E-state index contributed by atoms with van der Waals surface area (Å²) >= 11 is 0.956. The molecule has 3 aromatic rings. The molecule has 39 heavy (non-hydrogen) atoms. The van der Waals surface area contributed by atoms with Crippen molar-refractivity contribution in [2.75, 3.05) is 25.2 Å². The molecule has 4 heterocycles. The van der Waals surface area contributed by atoms with E-state index in [4.69, 9.17) is 24.5 Å². The predicted molar refractivity (Wildman–Crippen MR) is 141 cm³/mol. The number of anilines is 1. The van der Waals surface area contributed by atoms with Crippen LogP contribution in [0.15, 0.2) is 36.7 Å².